The van der Waals surface area contributed by atoms with Crippen LogP contribution in [-0.4, -0.2) is 36.6 Å². The van der Waals surface area contributed by atoms with Gasteiger partial charge in [-0.05, 0) is 55.3 Å². The van der Waals surface area contributed by atoms with Gasteiger partial charge in [-0.1, -0.05) is 30.3 Å². The third-order valence-corrected chi connectivity index (χ3v) is 7.67. The minimum atomic E-state index is -4.02. The summed E-state index contributed by atoms with van der Waals surface area (Å²) in [5, 5.41) is 17.4. The summed E-state index contributed by atoms with van der Waals surface area (Å²) in [5.74, 6) is -0.522. The fourth-order valence-corrected chi connectivity index (χ4v) is 5.52. The maximum absolute atomic E-state index is 13.0. The summed E-state index contributed by atoms with van der Waals surface area (Å²) in [6, 6.07) is 22.4. The van der Waals surface area contributed by atoms with Gasteiger partial charge in [0.05, 0.1) is 4.92 Å². The second-order valence-corrected chi connectivity index (χ2v) is 9.87. The summed E-state index contributed by atoms with van der Waals surface area (Å²) in [6.45, 7) is 0.235. The van der Waals surface area contributed by atoms with Gasteiger partial charge in [-0.3, -0.25) is 14.9 Å². The Labute approximate surface area is 197 Å². The zero-order valence-corrected chi connectivity index (χ0v) is 19.1. The van der Waals surface area contributed by atoms with E-state index in [0.717, 1.165) is 11.4 Å². The number of nitrogens with zero attached hydrogens (tertiary/aromatic N) is 2. The molecule has 0 aliphatic carbocycles. The second kappa shape index (κ2) is 10.0. The fraction of sp³-hybridized carbons (Fsp3) is 0.208. The maximum Gasteiger partial charge on any atom is 0.289 e. The van der Waals surface area contributed by atoms with Crippen LogP contribution in [0.3, 0.4) is 0 Å². The van der Waals surface area contributed by atoms with E-state index in [1.165, 1.54) is 28.6 Å². The van der Waals surface area contributed by atoms with Crippen LogP contribution in [-0.2, 0) is 14.8 Å². The number of carbonyl (C=O) groups excluding carboxylic acids is 1. The van der Waals surface area contributed by atoms with Gasteiger partial charge in [0.1, 0.15) is 0 Å². The number of nitrogens with one attached hydrogen (secondary N) is 2. The van der Waals surface area contributed by atoms with E-state index in [0.29, 0.717) is 18.5 Å². The third-order valence-electron chi connectivity index (χ3n) is 5.72. The van der Waals surface area contributed by atoms with Gasteiger partial charge in [0.25, 0.3) is 5.69 Å². The van der Waals surface area contributed by atoms with E-state index in [-0.39, 0.29) is 29.8 Å². The Hall–Kier alpha value is -3.76. The van der Waals surface area contributed by atoms with Crippen LogP contribution in [0.25, 0.3) is 0 Å². The molecule has 0 radical (unpaired) electrons. The number of nitro benzene ring substituents is 1. The number of carbonyl (C=O) groups is 1. The number of piperidine rings is 1. The topological polar surface area (TPSA) is 122 Å². The fourth-order valence-electron chi connectivity index (χ4n) is 3.89. The van der Waals surface area contributed by atoms with Gasteiger partial charge in [-0.15, -0.1) is 0 Å². The Morgan fingerprint density at radius 2 is 1.41 bits per heavy atom. The van der Waals surface area contributed by atoms with Gasteiger partial charge in [-0.2, -0.15) is 4.31 Å². The lowest BCUT2D eigenvalue weighted by molar-refractivity contribution is -0.387. The van der Waals surface area contributed by atoms with E-state index < -0.39 is 20.6 Å². The van der Waals surface area contributed by atoms with E-state index in [4.69, 9.17) is 0 Å². The molecule has 0 aromatic heterocycles. The lowest BCUT2D eigenvalue weighted by Gasteiger charge is -2.30. The first-order valence-corrected chi connectivity index (χ1v) is 12.3. The van der Waals surface area contributed by atoms with Crippen LogP contribution >= 0.6 is 0 Å². The van der Waals surface area contributed by atoms with Crippen molar-refractivity contribution in [3.63, 3.8) is 0 Å². The van der Waals surface area contributed by atoms with Crippen LogP contribution in [0, 0.1) is 16.0 Å². The summed E-state index contributed by atoms with van der Waals surface area (Å²) in [4.78, 5) is 22.9. The molecule has 2 N–H and O–H groups in total. The number of hydrogen-bond acceptors (Lipinski definition) is 6. The molecular formula is C24H24N4O5S. The first-order chi connectivity index (χ1) is 16.3. The number of nitro groups is 1. The van der Waals surface area contributed by atoms with Gasteiger partial charge in [0.15, 0.2) is 4.90 Å². The Balaban J connectivity index is 1.34. The number of para-hydroxylation sites is 2. The number of benzene rings is 3. The van der Waals surface area contributed by atoms with Gasteiger partial charge in [-0.25, -0.2) is 8.42 Å². The van der Waals surface area contributed by atoms with E-state index in [2.05, 4.69) is 10.6 Å². The highest BCUT2D eigenvalue weighted by Gasteiger charge is 2.35. The monoisotopic (exact) mass is 480 g/mol. The summed E-state index contributed by atoms with van der Waals surface area (Å²) in [6.07, 6.45) is 0.665. The minimum absolute atomic E-state index is 0.117. The molecule has 4 rings (SSSR count). The molecule has 1 fully saturated rings. The SMILES string of the molecule is O=C(Nc1ccc(Nc2ccccc2)cc1)C1CCN(S(=O)(=O)c2ccccc2[N+](=O)[O-])CC1. The van der Waals surface area contributed by atoms with Crippen molar-refractivity contribution in [1.29, 1.82) is 0 Å². The van der Waals surface area contributed by atoms with Crippen molar-refractivity contribution in [1.82, 2.24) is 4.31 Å². The van der Waals surface area contributed by atoms with Gasteiger partial charge in [0.2, 0.25) is 15.9 Å². The van der Waals surface area contributed by atoms with Crippen molar-refractivity contribution in [3.05, 3.63) is 89.0 Å². The largest absolute Gasteiger partial charge is 0.356 e. The molecule has 1 heterocycles. The predicted octanol–water partition coefficient (Wildman–Crippen LogP) is 4.38. The molecule has 0 saturated carbocycles. The number of rotatable bonds is 7. The molecule has 1 amide bonds. The van der Waals surface area contributed by atoms with Crippen LogP contribution in [0.2, 0.25) is 0 Å². The molecule has 10 heteroatoms. The van der Waals surface area contributed by atoms with Crippen molar-refractivity contribution < 1.29 is 18.1 Å². The molecule has 9 nitrogen and oxygen atoms in total. The first kappa shape index (κ1) is 23.4. The standard InChI is InChI=1S/C24H24N4O5S/c29-24(26-21-12-10-20(11-13-21)25-19-6-2-1-3-7-19)18-14-16-27(17-15-18)34(32,33)23-9-5-4-8-22(23)28(30)31/h1-13,18,25H,14-17H2,(H,26,29). The molecular weight excluding hydrogens is 456 g/mol. The first-order valence-electron chi connectivity index (χ1n) is 10.8. The van der Waals surface area contributed by atoms with Crippen molar-refractivity contribution >= 4 is 38.7 Å². The number of hydrogen-bond donors (Lipinski definition) is 2. The number of sulfonamides is 1. The molecule has 1 saturated heterocycles. The van der Waals surface area contributed by atoms with E-state index in [9.17, 15) is 23.3 Å². The predicted molar refractivity (Wildman–Crippen MR) is 129 cm³/mol. The van der Waals surface area contributed by atoms with E-state index in [1.807, 2.05) is 42.5 Å². The van der Waals surface area contributed by atoms with Crippen molar-refractivity contribution in [3.8, 4) is 0 Å². The lowest BCUT2D eigenvalue weighted by Crippen LogP contribution is -2.41. The number of amides is 1. The molecule has 3 aromatic carbocycles. The van der Waals surface area contributed by atoms with Crippen molar-refractivity contribution in [2.45, 2.75) is 17.7 Å². The van der Waals surface area contributed by atoms with Crippen LogP contribution in [0.5, 0.6) is 0 Å². The summed E-state index contributed by atoms with van der Waals surface area (Å²) >= 11 is 0. The zero-order chi connectivity index (χ0) is 24.1. The second-order valence-electron chi connectivity index (χ2n) is 7.96. The zero-order valence-electron chi connectivity index (χ0n) is 18.3. The van der Waals surface area contributed by atoms with Crippen LogP contribution in [0.15, 0.2) is 83.8 Å². The highest BCUT2D eigenvalue weighted by atomic mass is 32.2. The van der Waals surface area contributed by atoms with Crippen LogP contribution in [0.1, 0.15) is 12.8 Å². The molecule has 0 unspecified atom stereocenters. The molecule has 176 valence electrons. The molecule has 0 atom stereocenters. The minimum Gasteiger partial charge on any atom is -0.356 e. The van der Waals surface area contributed by atoms with E-state index in [1.54, 1.807) is 12.1 Å². The Morgan fingerprint density at radius 3 is 2.06 bits per heavy atom. The molecule has 1 aliphatic heterocycles. The average molecular weight is 481 g/mol. The highest BCUT2D eigenvalue weighted by molar-refractivity contribution is 7.89. The molecule has 34 heavy (non-hydrogen) atoms. The Kier molecular flexibility index (Phi) is 6.90. The van der Waals surface area contributed by atoms with Gasteiger partial charge in [0, 0.05) is 42.1 Å². The highest BCUT2D eigenvalue weighted by Crippen LogP contribution is 2.30. The third kappa shape index (κ3) is 5.24. The quantitative estimate of drug-likeness (QED) is 0.382. The normalized spacial score (nSPS) is 14.9. The molecule has 0 bridgehead atoms. The lowest BCUT2D eigenvalue weighted by atomic mass is 9.97. The molecule has 1 aliphatic rings. The molecule has 0 spiro atoms. The van der Waals surface area contributed by atoms with Crippen LogP contribution in [0.4, 0.5) is 22.7 Å². The number of anilines is 3. The Morgan fingerprint density at radius 1 is 0.853 bits per heavy atom. The summed E-state index contributed by atoms with van der Waals surface area (Å²) < 4.78 is 27.1. The summed E-state index contributed by atoms with van der Waals surface area (Å²) in [5.41, 5.74) is 2.05. The Bertz CT molecular complexity index is 1270. The smallest absolute Gasteiger partial charge is 0.289 e. The molecule has 3 aromatic rings. The maximum atomic E-state index is 13.0. The van der Waals surface area contributed by atoms with E-state index >= 15 is 0 Å². The summed E-state index contributed by atoms with van der Waals surface area (Å²) in [7, 11) is -4.02. The average Bonchev–Trinajstić information content (AvgIpc) is 2.86. The van der Waals surface area contributed by atoms with Gasteiger partial charge >= 0.3 is 0 Å². The van der Waals surface area contributed by atoms with Crippen LogP contribution < -0.4 is 10.6 Å². The van der Waals surface area contributed by atoms with Gasteiger partial charge < -0.3 is 10.6 Å². The van der Waals surface area contributed by atoms with Crippen molar-refractivity contribution in [2.75, 3.05) is 23.7 Å². The van der Waals surface area contributed by atoms with Crippen molar-refractivity contribution in [2.24, 2.45) is 5.92 Å².